The number of benzene rings is 1. The molecule has 2 aliphatic heterocycles. The monoisotopic (exact) mass is 490 g/mol. The van der Waals surface area contributed by atoms with Crippen molar-refractivity contribution in [2.24, 2.45) is 0 Å². The quantitative estimate of drug-likeness (QED) is 0.269. The number of aryl methyl sites for hydroxylation is 1. The molecule has 2 amide bonds. The number of carbonyl (C=O) groups excluding carboxylic acids is 4. The van der Waals surface area contributed by atoms with Crippen LogP contribution in [-0.2, 0) is 22.6 Å². The zero-order valence-electron chi connectivity index (χ0n) is 20.1. The van der Waals surface area contributed by atoms with Crippen molar-refractivity contribution in [2.75, 3.05) is 13.2 Å². The highest BCUT2D eigenvalue weighted by molar-refractivity contribution is 6.21. The number of nitrogens with zero attached hydrogens (tertiary/aromatic N) is 2. The fourth-order valence-electron chi connectivity index (χ4n) is 4.77. The maximum atomic E-state index is 12.8. The van der Waals surface area contributed by atoms with E-state index in [0.29, 0.717) is 17.9 Å². The van der Waals surface area contributed by atoms with E-state index in [1.807, 2.05) is 13.8 Å². The molecule has 0 radical (unpaired) electrons. The van der Waals surface area contributed by atoms with E-state index in [1.165, 1.54) is 24.5 Å². The van der Waals surface area contributed by atoms with E-state index >= 15 is 0 Å². The SMILES string of the molecule is Cc1cc(C(=O)COC(=O)c2ccc3c(c2)C(=O)N(Cc2ccco2)C3=O)c(C)n1C[C@@H]1CCCO1. The number of esters is 1. The largest absolute Gasteiger partial charge is 0.467 e. The van der Waals surface area contributed by atoms with Gasteiger partial charge in [0, 0.05) is 30.1 Å². The Labute approximate surface area is 207 Å². The van der Waals surface area contributed by atoms with E-state index in [9.17, 15) is 19.2 Å². The van der Waals surface area contributed by atoms with Crippen LogP contribution in [0.4, 0.5) is 0 Å². The number of fused-ring (bicyclic) bond motifs is 1. The number of Topliss-reactive ketones (excluding diaryl/α,β-unsaturated/α-hetero) is 1. The highest BCUT2D eigenvalue weighted by Crippen LogP contribution is 2.26. The molecule has 0 N–H and O–H groups in total. The van der Waals surface area contributed by atoms with Gasteiger partial charge in [-0.1, -0.05) is 0 Å². The number of hydrogen-bond acceptors (Lipinski definition) is 7. The lowest BCUT2D eigenvalue weighted by Crippen LogP contribution is -2.28. The van der Waals surface area contributed by atoms with Gasteiger partial charge in [0.05, 0.1) is 35.6 Å². The molecule has 9 nitrogen and oxygen atoms in total. The molecule has 1 fully saturated rings. The van der Waals surface area contributed by atoms with Crippen LogP contribution in [0.3, 0.4) is 0 Å². The average Bonchev–Trinajstić information content (AvgIpc) is 3.67. The predicted molar refractivity (Wildman–Crippen MR) is 127 cm³/mol. The maximum absolute atomic E-state index is 12.8. The Morgan fingerprint density at radius 2 is 1.89 bits per heavy atom. The Morgan fingerprint density at radius 3 is 2.61 bits per heavy atom. The fourth-order valence-corrected chi connectivity index (χ4v) is 4.77. The minimum atomic E-state index is -0.746. The smallest absolute Gasteiger partial charge is 0.338 e. The van der Waals surface area contributed by atoms with Gasteiger partial charge in [-0.2, -0.15) is 0 Å². The third-order valence-corrected chi connectivity index (χ3v) is 6.72. The normalized spacial score (nSPS) is 17.1. The van der Waals surface area contributed by atoms with Gasteiger partial charge in [-0.15, -0.1) is 0 Å². The van der Waals surface area contributed by atoms with Crippen molar-refractivity contribution in [1.82, 2.24) is 9.47 Å². The van der Waals surface area contributed by atoms with Gasteiger partial charge in [-0.25, -0.2) is 4.79 Å². The molecule has 9 heteroatoms. The molecule has 1 saturated heterocycles. The van der Waals surface area contributed by atoms with E-state index in [1.54, 1.807) is 18.2 Å². The van der Waals surface area contributed by atoms with Crippen LogP contribution < -0.4 is 0 Å². The zero-order chi connectivity index (χ0) is 25.4. The molecule has 2 aliphatic rings. The fraction of sp³-hybridized carbons (Fsp3) is 0.333. The van der Waals surface area contributed by atoms with Crippen LogP contribution in [0.5, 0.6) is 0 Å². The molecule has 186 valence electrons. The molecule has 1 atom stereocenters. The second-order valence-electron chi connectivity index (χ2n) is 9.07. The summed E-state index contributed by atoms with van der Waals surface area (Å²) in [5.41, 5.74) is 2.66. The molecule has 4 heterocycles. The summed E-state index contributed by atoms with van der Waals surface area (Å²) in [6.45, 7) is 4.81. The number of ketones is 1. The van der Waals surface area contributed by atoms with Crippen molar-refractivity contribution >= 4 is 23.6 Å². The Morgan fingerprint density at radius 1 is 1.08 bits per heavy atom. The Hall–Kier alpha value is -3.98. The van der Waals surface area contributed by atoms with Crippen molar-refractivity contribution in [3.63, 3.8) is 0 Å². The molecule has 2 aromatic heterocycles. The van der Waals surface area contributed by atoms with Crippen LogP contribution in [0.25, 0.3) is 0 Å². The summed E-state index contributed by atoms with van der Waals surface area (Å²) in [5, 5.41) is 0. The first kappa shape index (κ1) is 23.7. The Balaban J connectivity index is 1.24. The van der Waals surface area contributed by atoms with Crippen LogP contribution in [0, 0.1) is 13.8 Å². The van der Waals surface area contributed by atoms with E-state index in [4.69, 9.17) is 13.9 Å². The van der Waals surface area contributed by atoms with Crippen molar-refractivity contribution in [2.45, 2.75) is 45.9 Å². The predicted octanol–water partition coefficient (Wildman–Crippen LogP) is 3.71. The molecule has 0 saturated carbocycles. The standard InChI is InChI=1S/C27H26N2O7/c1-16-11-22(17(2)28(16)13-19-5-3-9-34-19)24(30)15-36-27(33)18-7-8-21-23(12-18)26(32)29(25(21)31)14-20-6-4-10-35-20/h4,6-8,10-12,19H,3,5,9,13-15H2,1-2H3/t19-/m0/s1. The molecular weight excluding hydrogens is 464 g/mol. The van der Waals surface area contributed by atoms with Gasteiger partial charge >= 0.3 is 5.97 Å². The van der Waals surface area contributed by atoms with E-state index in [-0.39, 0.29) is 35.1 Å². The number of furan rings is 1. The lowest BCUT2D eigenvalue weighted by molar-refractivity contribution is 0.0474. The summed E-state index contributed by atoms with van der Waals surface area (Å²) in [5.74, 6) is -1.57. The van der Waals surface area contributed by atoms with E-state index in [0.717, 1.165) is 35.7 Å². The molecule has 3 aromatic rings. The number of aromatic nitrogens is 1. The number of ether oxygens (including phenoxy) is 2. The first-order valence-corrected chi connectivity index (χ1v) is 11.8. The maximum Gasteiger partial charge on any atom is 0.338 e. The van der Waals surface area contributed by atoms with Gasteiger partial charge in [0.25, 0.3) is 11.8 Å². The molecular formula is C27H26N2O7. The van der Waals surface area contributed by atoms with Crippen LogP contribution in [0.2, 0.25) is 0 Å². The lowest BCUT2D eigenvalue weighted by atomic mass is 10.1. The summed E-state index contributed by atoms with van der Waals surface area (Å²) in [7, 11) is 0. The molecule has 0 aliphatic carbocycles. The molecule has 5 rings (SSSR count). The summed E-state index contributed by atoms with van der Waals surface area (Å²) in [4.78, 5) is 52.0. The summed E-state index contributed by atoms with van der Waals surface area (Å²) < 4.78 is 18.3. The highest BCUT2D eigenvalue weighted by atomic mass is 16.5. The van der Waals surface area contributed by atoms with Crippen LogP contribution in [0.1, 0.15) is 71.4 Å². The number of rotatable bonds is 8. The minimum Gasteiger partial charge on any atom is -0.467 e. The van der Waals surface area contributed by atoms with Gasteiger partial charge < -0.3 is 18.5 Å². The Kier molecular flexibility index (Phi) is 6.32. The average molecular weight is 491 g/mol. The Bertz CT molecular complexity index is 1350. The van der Waals surface area contributed by atoms with Crippen molar-refractivity contribution in [3.8, 4) is 0 Å². The number of carbonyl (C=O) groups is 4. The van der Waals surface area contributed by atoms with E-state index in [2.05, 4.69) is 4.57 Å². The van der Waals surface area contributed by atoms with Crippen molar-refractivity contribution < 1.29 is 33.1 Å². The van der Waals surface area contributed by atoms with Gasteiger partial charge in [0.1, 0.15) is 5.76 Å². The first-order chi connectivity index (χ1) is 17.3. The minimum absolute atomic E-state index is 0.00108. The van der Waals surface area contributed by atoms with Gasteiger partial charge in [0.15, 0.2) is 6.61 Å². The second kappa shape index (κ2) is 9.58. The van der Waals surface area contributed by atoms with Gasteiger partial charge in [-0.3, -0.25) is 19.3 Å². The zero-order valence-corrected chi connectivity index (χ0v) is 20.1. The topological polar surface area (TPSA) is 108 Å². The summed E-state index contributed by atoms with van der Waals surface area (Å²) >= 11 is 0. The number of amides is 2. The molecule has 1 aromatic carbocycles. The van der Waals surface area contributed by atoms with Crippen molar-refractivity contribution in [3.05, 3.63) is 82.1 Å². The molecule has 0 spiro atoms. The third-order valence-electron chi connectivity index (χ3n) is 6.72. The van der Waals surface area contributed by atoms with Crippen LogP contribution in [0.15, 0.2) is 47.1 Å². The lowest BCUT2D eigenvalue weighted by Gasteiger charge is -2.14. The summed E-state index contributed by atoms with van der Waals surface area (Å²) in [6.07, 6.45) is 3.63. The van der Waals surface area contributed by atoms with Crippen LogP contribution >= 0.6 is 0 Å². The second-order valence-corrected chi connectivity index (χ2v) is 9.07. The molecule has 0 bridgehead atoms. The highest BCUT2D eigenvalue weighted by Gasteiger charge is 2.36. The van der Waals surface area contributed by atoms with E-state index < -0.39 is 24.4 Å². The number of hydrogen-bond donors (Lipinski definition) is 0. The van der Waals surface area contributed by atoms with Crippen LogP contribution in [-0.4, -0.2) is 52.4 Å². The van der Waals surface area contributed by atoms with Gasteiger partial charge in [-0.05, 0) is 63.1 Å². The third kappa shape index (κ3) is 4.37. The summed E-state index contributed by atoms with van der Waals surface area (Å²) in [6, 6.07) is 9.31. The molecule has 0 unspecified atom stereocenters. The molecule has 36 heavy (non-hydrogen) atoms. The first-order valence-electron chi connectivity index (χ1n) is 11.8. The van der Waals surface area contributed by atoms with Crippen molar-refractivity contribution in [1.29, 1.82) is 0 Å². The number of imide groups is 1. The van der Waals surface area contributed by atoms with Gasteiger partial charge in [0.2, 0.25) is 5.78 Å².